The Labute approximate surface area is 225 Å². The van der Waals surface area contributed by atoms with Gasteiger partial charge in [0, 0.05) is 82.6 Å². The fourth-order valence-corrected chi connectivity index (χ4v) is 11.4. The Hall–Kier alpha value is -1.71. The van der Waals surface area contributed by atoms with Gasteiger partial charge in [-0.15, -0.1) is 0 Å². The van der Waals surface area contributed by atoms with Gasteiger partial charge in [0.1, 0.15) is 17.8 Å². The quantitative estimate of drug-likeness (QED) is 0.361. The van der Waals surface area contributed by atoms with E-state index in [1.807, 2.05) is 0 Å². The molecule has 7 bridgehead atoms. The van der Waals surface area contributed by atoms with E-state index in [4.69, 9.17) is 23.7 Å². The molecule has 6 rings (SSSR count). The molecule has 212 valence electrons. The minimum atomic E-state index is -0.811. The molecule has 0 radical (unpaired) electrons. The first-order chi connectivity index (χ1) is 18.1. The molecule has 12 atom stereocenters. The van der Waals surface area contributed by atoms with Gasteiger partial charge in [0.2, 0.25) is 0 Å². The lowest BCUT2D eigenvalue weighted by molar-refractivity contribution is -0.280. The van der Waals surface area contributed by atoms with Gasteiger partial charge in [0.25, 0.3) is 0 Å². The maximum absolute atomic E-state index is 12.9. The van der Waals surface area contributed by atoms with Crippen LogP contribution in [0.25, 0.3) is 0 Å². The number of esters is 3. The number of carbonyl (C=O) groups excluding carboxylic acids is 3. The van der Waals surface area contributed by atoms with Crippen LogP contribution >= 0.6 is 0 Å². The van der Waals surface area contributed by atoms with Crippen LogP contribution in [0.15, 0.2) is 0 Å². The molecule has 0 aromatic rings. The van der Waals surface area contributed by atoms with E-state index in [1.54, 1.807) is 14.2 Å². The van der Waals surface area contributed by atoms with Crippen LogP contribution in [-0.2, 0) is 38.1 Å². The van der Waals surface area contributed by atoms with Crippen LogP contribution < -0.4 is 0 Å². The predicted octanol–water partition coefficient (Wildman–Crippen LogP) is 2.59. The van der Waals surface area contributed by atoms with E-state index in [-0.39, 0.29) is 76.6 Å². The molecule has 1 spiro atoms. The van der Waals surface area contributed by atoms with Gasteiger partial charge in [0.15, 0.2) is 0 Å². The zero-order valence-corrected chi connectivity index (χ0v) is 23.6. The van der Waals surface area contributed by atoms with Gasteiger partial charge in [-0.2, -0.15) is 0 Å². The second-order valence-corrected chi connectivity index (χ2v) is 13.0. The zero-order valence-electron chi connectivity index (χ0n) is 23.6. The molecule has 1 aliphatic heterocycles. The summed E-state index contributed by atoms with van der Waals surface area (Å²) in [6.45, 7) is 9.08. The molecular formula is C29H43NO8. The molecule has 5 aliphatic carbocycles. The summed E-state index contributed by atoms with van der Waals surface area (Å²) in [6.07, 6.45) is 3.16. The lowest BCUT2D eigenvalue weighted by Crippen LogP contribution is -2.77. The van der Waals surface area contributed by atoms with Crippen molar-refractivity contribution < 1.29 is 38.1 Å². The molecule has 5 saturated carbocycles. The molecule has 9 nitrogen and oxygen atoms in total. The highest BCUT2D eigenvalue weighted by atomic mass is 16.6. The molecule has 6 aliphatic rings. The summed E-state index contributed by atoms with van der Waals surface area (Å²) < 4.78 is 30.9. The Morgan fingerprint density at radius 2 is 1.71 bits per heavy atom. The Morgan fingerprint density at radius 1 is 0.974 bits per heavy atom. The van der Waals surface area contributed by atoms with Crippen molar-refractivity contribution in [2.75, 3.05) is 33.9 Å². The van der Waals surface area contributed by atoms with E-state index in [0.29, 0.717) is 13.0 Å². The summed E-state index contributed by atoms with van der Waals surface area (Å²) >= 11 is 0. The van der Waals surface area contributed by atoms with Crippen molar-refractivity contribution in [2.45, 2.75) is 89.8 Å². The van der Waals surface area contributed by atoms with Gasteiger partial charge < -0.3 is 23.7 Å². The number of likely N-dealkylation sites (tertiary alicyclic amines) is 1. The Kier molecular flexibility index (Phi) is 6.21. The van der Waals surface area contributed by atoms with E-state index in [2.05, 4.69) is 11.8 Å². The van der Waals surface area contributed by atoms with Gasteiger partial charge in [-0.05, 0) is 44.1 Å². The van der Waals surface area contributed by atoms with Crippen molar-refractivity contribution in [3.05, 3.63) is 0 Å². The molecule has 1 heterocycles. The Morgan fingerprint density at radius 3 is 2.32 bits per heavy atom. The predicted molar refractivity (Wildman–Crippen MR) is 135 cm³/mol. The summed E-state index contributed by atoms with van der Waals surface area (Å²) in [7, 11) is 3.49. The minimum Gasteiger partial charge on any atom is -0.462 e. The second kappa shape index (κ2) is 8.90. The molecule has 6 fully saturated rings. The van der Waals surface area contributed by atoms with Crippen LogP contribution in [0.2, 0.25) is 0 Å². The third-order valence-electron chi connectivity index (χ3n) is 11.8. The summed E-state index contributed by atoms with van der Waals surface area (Å²) in [5.74, 6) is -0.715. The molecule has 0 amide bonds. The van der Waals surface area contributed by atoms with Crippen molar-refractivity contribution in [1.82, 2.24) is 4.90 Å². The first-order valence-corrected chi connectivity index (χ1v) is 14.4. The topological polar surface area (TPSA) is 101 Å². The first-order valence-electron chi connectivity index (χ1n) is 14.4. The van der Waals surface area contributed by atoms with E-state index in [9.17, 15) is 14.4 Å². The average molecular weight is 534 g/mol. The van der Waals surface area contributed by atoms with Gasteiger partial charge in [-0.1, -0.05) is 6.92 Å². The number of methoxy groups -OCH3 is 2. The highest BCUT2D eigenvalue weighted by molar-refractivity contribution is 5.68. The molecular weight excluding hydrogens is 490 g/mol. The lowest BCUT2D eigenvalue weighted by Gasteiger charge is -2.69. The maximum atomic E-state index is 12.9. The van der Waals surface area contributed by atoms with E-state index >= 15 is 0 Å². The molecule has 9 heteroatoms. The molecule has 0 N–H and O–H groups in total. The monoisotopic (exact) mass is 533 g/mol. The molecule has 38 heavy (non-hydrogen) atoms. The van der Waals surface area contributed by atoms with Gasteiger partial charge in [-0.3, -0.25) is 19.3 Å². The standard InChI is InChI=1S/C29H43NO8/c1-7-30-13-27(14-34-5)9-8-23(36-15(2)31)29-19-10-18-21(35-6)12-28(38-17(4)33,20(26(29)30)11-22(27)29)24(19)25(18)37-16(3)32/h18-26H,7-14H2,1-6H3/t18-,19-,20+,21+,22-,23+,24-,25+,26+,27+,28+,29-/m1/s1. The zero-order chi connectivity index (χ0) is 27.2. The number of hydrogen-bond donors (Lipinski definition) is 0. The van der Waals surface area contributed by atoms with E-state index in [0.717, 1.165) is 38.8 Å². The maximum Gasteiger partial charge on any atom is 0.303 e. The largest absolute Gasteiger partial charge is 0.462 e. The molecule has 1 saturated heterocycles. The highest BCUT2D eigenvalue weighted by Gasteiger charge is 2.85. The Bertz CT molecular complexity index is 1020. The summed E-state index contributed by atoms with van der Waals surface area (Å²) in [5.41, 5.74) is -1.21. The van der Waals surface area contributed by atoms with Crippen LogP contribution in [0.3, 0.4) is 0 Å². The van der Waals surface area contributed by atoms with Crippen molar-refractivity contribution >= 4 is 17.9 Å². The van der Waals surface area contributed by atoms with Gasteiger partial charge >= 0.3 is 17.9 Å². The average Bonchev–Trinajstić information content (AvgIpc) is 3.28. The van der Waals surface area contributed by atoms with Crippen LogP contribution in [0.1, 0.15) is 59.8 Å². The van der Waals surface area contributed by atoms with Crippen LogP contribution in [0.4, 0.5) is 0 Å². The fourth-order valence-electron chi connectivity index (χ4n) is 11.4. The highest BCUT2D eigenvalue weighted by Crippen LogP contribution is 2.80. The minimum absolute atomic E-state index is 0.00356. The van der Waals surface area contributed by atoms with E-state index < -0.39 is 11.7 Å². The number of rotatable bonds is 7. The van der Waals surface area contributed by atoms with E-state index in [1.165, 1.54) is 20.8 Å². The van der Waals surface area contributed by atoms with Gasteiger partial charge in [0.05, 0.1) is 12.7 Å². The van der Waals surface area contributed by atoms with Gasteiger partial charge in [-0.25, -0.2) is 0 Å². The lowest BCUT2D eigenvalue weighted by atomic mass is 9.43. The van der Waals surface area contributed by atoms with Crippen molar-refractivity contribution in [1.29, 1.82) is 0 Å². The second-order valence-electron chi connectivity index (χ2n) is 13.0. The summed E-state index contributed by atoms with van der Waals surface area (Å²) in [4.78, 5) is 40.4. The smallest absolute Gasteiger partial charge is 0.303 e. The van der Waals surface area contributed by atoms with Crippen LogP contribution in [0, 0.1) is 40.4 Å². The first kappa shape index (κ1) is 26.5. The summed E-state index contributed by atoms with van der Waals surface area (Å²) in [6, 6.07) is 0.0973. The number of ether oxygens (including phenoxy) is 5. The molecule has 0 unspecified atom stereocenters. The summed E-state index contributed by atoms with van der Waals surface area (Å²) in [5, 5.41) is 0. The van der Waals surface area contributed by atoms with Crippen LogP contribution in [0.5, 0.6) is 0 Å². The van der Waals surface area contributed by atoms with Crippen LogP contribution in [-0.4, -0.2) is 86.7 Å². The fraction of sp³-hybridized carbons (Fsp3) is 0.897. The number of nitrogens with zero attached hydrogens (tertiary/aromatic N) is 1. The molecule has 0 aromatic carbocycles. The third-order valence-corrected chi connectivity index (χ3v) is 11.8. The molecule has 0 aromatic heterocycles. The number of fused-ring (bicyclic) bond motifs is 2. The van der Waals surface area contributed by atoms with Crippen molar-refractivity contribution in [2.24, 2.45) is 40.4 Å². The Balaban J connectivity index is 1.61. The number of piperidine rings is 1. The number of hydrogen-bond acceptors (Lipinski definition) is 9. The third kappa shape index (κ3) is 3.18. The number of carbonyl (C=O) groups is 3. The van der Waals surface area contributed by atoms with Crippen molar-refractivity contribution in [3.8, 4) is 0 Å². The SMILES string of the molecule is CCN1C[C@]2(COC)CC[C@H](OC(C)=O)[C@@]34[C@@H]5C[C@H]6[C@H](OC(C)=O)[C@@H]5[C@](OC(C)=O)(C[C@@H]6OC)[C@@H](C[C@H]23)[C@H]14. The van der Waals surface area contributed by atoms with Crippen molar-refractivity contribution in [3.63, 3.8) is 0 Å². The normalized spacial score (nSPS) is 49.9.